The first kappa shape index (κ1) is 17.6. The minimum absolute atomic E-state index is 0.0404. The van der Waals surface area contributed by atoms with Crippen LogP contribution in [0.5, 0.6) is 17.2 Å². The molecule has 3 aliphatic heterocycles. The Morgan fingerprint density at radius 3 is 2.63 bits per heavy atom. The number of Topliss-reactive ketones (excluding diaryl/α,β-unsaturated/α-hetero) is 1. The van der Waals surface area contributed by atoms with Crippen molar-refractivity contribution in [3.63, 3.8) is 0 Å². The minimum atomic E-state index is -0.0404. The minimum Gasteiger partial charge on any atom is -0.497 e. The third-order valence-corrected chi connectivity index (χ3v) is 6.63. The maximum Gasteiger partial charge on any atom is 0.231 e. The quantitative estimate of drug-likeness (QED) is 0.745. The summed E-state index contributed by atoms with van der Waals surface area (Å²) < 4.78 is 16.6. The molecule has 3 heterocycles. The van der Waals surface area contributed by atoms with Crippen molar-refractivity contribution in [2.24, 2.45) is 0 Å². The molecule has 0 bridgehead atoms. The Bertz CT molecular complexity index is 1110. The molecule has 1 atom stereocenters. The molecule has 4 aliphatic rings. The molecule has 0 saturated heterocycles. The Morgan fingerprint density at radius 1 is 1.03 bits per heavy atom. The topological polar surface area (TPSA) is 48.0 Å². The number of hydrogen-bond donors (Lipinski definition) is 0. The normalized spacial score (nSPS) is 21.6. The molecule has 30 heavy (non-hydrogen) atoms. The largest absolute Gasteiger partial charge is 0.497 e. The molecule has 2 aromatic rings. The fourth-order valence-electron chi connectivity index (χ4n) is 5.18. The summed E-state index contributed by atoms with van der Waals surface area (Å²) in [6.07, 6.45) is 5.71. The monoisotopic (exact) mass is 401 g/mol. The molecule has 0 amide bonds. The number of ketones is 1. The van der Waals surface area contributed by atoms with Gasteiger partial charge in [0.05, 0.1) is 7.11 Å². The second-order valence-corrected chi connectivity index (χ2v) is 8.20. The number of methoxy groups -OCH3 is 1. The fraction of sp³-hybridized carbons (Fsp3) is 0.320. The first-order valence-corrected chi connectivity index (χ1v) is 10.6. The number of carbonyl (C=O) groups is 1. The second-order valence-electron chi connectivity index (χ2n) is 8.20. The lowest BCUT2D eigenvalue weighted by atomic mass is 9.77. The maximum atomic E-state index is 13.0. The van der Waals surface area contributed by atoms with Crippen LogP contribution in [-0.4, -0.2) is 31.1 Å². The SMILES string of the molecule is COc1ccc([C@H]2C=C3c4cc5c(cc4CCN3C3=C2C(=O)CCC3)OCO5)cc1. The van der Waals surface area contributed by atoms with Crippen molar-refractivity contribution in [3.05, 3.63) is 70.4 Å². The molecule has 0 aromatic heterocycles. The van der Waals surface area contributed by atoms with Crippen molar-refractivity contribution in [2.45, 2.75) is 31.6 Å². The highest BCUT2D eigenvalue weighted by Gasteiger charge is 2.38. The first-order chi connectivity index (χ1) is 14.7. The summed E-state index contributed by atoms with van der Waals surface area (Å²) in [7, 11) is 1.67. The zero-order valence-electron chi connectivity index (χ0n) is 16.9. The van der Waals surface area contributed by atoms with Gasteiger partial charge in [-0.25, -0.2) is 0 Å². The predicted octanol–water partition coefficient (Wildman–Crippen LogP) is 4.43. The summed E-state index contributed by atoms with van der Waals surface area (Å²) in [5, 5.41) is 0. The Hall–Kier alpha value is -3.21. The van der Waals surface area contributed by atoms with Gasteiger partial charge in [0.15, 0.2) is 17.3 Å². The molecule has 152 valence electrons. The van der Waals surface area contributed by atoms with Crippen LogP contribution in [0.15, 0.2) is 53.7 Å². The van der Waals surface area contributed by atoms with Crippen molar-refractivity contribution >= 4 is 11.5 Å². The lowest BCUT2D eigenvalue weighted by Gasteiger charge is -2.42. The van der Waals surface area contributed by atoms with E-state index in [0.29, 0.717) is 6.42 Å². The van der Waals surface area contributed by atoms with Crippen molar-refractivity contribution in [3.8, 4) is 17.2 Å². The van der Waals surface area contributed by atoms with Gasteiger partial charge in [-0.1, -0.05) is 12.1 Å². The summed E-state index contributed by atoms with van der Waals surface area (Å²) in [5.41, 5.74) is 6.95. The zero-order valence-corrected chi connectivity index (χ0v) is 16.9. The lowest BCUT2D eigenvalue weighted by molar-refractivity contribution is -0.116. The highest BCUT2D eigenvalue weighted by atomic mass is 16.7. The van der Waals surface area contributed by atoms with Gasteiger partial charge in [0.2, 0.25) is 6.79 Å². The molecule has 6 rings (SSSR count). The van der Waals surface area contributed by atoms with Gasteiger partial charge in [0.1, 0.15) is 5.75 Å². The average Bonchev–Trinajstić information content (AvgIpc) is 3.24. The highest BCUT2D eigenvalue weighted by molar-refractivity contribution is 6.00. The van der Waals surface area contributed by atoms with Crippen molar-refractivity contribution in [1.29, 1.82) is 0 Å². The molecule has 2 aromatic carbocycles. The summed E-state index contributed by atoms with van der Waals surface area (Å²) in [6, 6.07) is 12.3. The number of rotatable bonds is 2. The van der Waals surface area contributed by atoms with E-state index in [0.717, 1.165) is 54.2 Å². The maximum absolute atomic E-state index is 13.0. The van der Waals surface area contributed by atoms with Gasteiger partial charge in [-0.3, -0.25) is 4.79 Å². The summed E-state index contributed by atoms with van der Waals surface area (Å²) in [6.45, 7) is 1.17. The predicted molar refractivity (Wildman–Crippen MR) is 113 cm³/mol. The molecule has 5 heteroatoms. The summed E-state index contributed by atoms with van der Waals surface area (Å²) >= 11 is 0. The van der Waals surface area contributed by atoms with E-state index in [1.807, 2.05) is 12.1 Å². The third-order valence-electron chi connectivity index (χ3n) is 6.63. The van der Waals surface area contributed by atoms with Crippen LogP contribution in [0.3, 0.4) is 0 Å². The van der Waals surface area contributed by atoms with E-state index >= 15 is 0 Å². The van der Waals surface area contributed by atoms with Gasteiger partial charge >= 0.3 is 0 Å². The molecular weight excluding hydrogens is 378 g/mol. The highest BCUT2D eigenvalue weighted by Crippen LogP contribution is 2.48. The van der Waals surface area contributed by atoms with Crippen molar-refractivity contribution in [2.75, 3.05) is 20.4 Å². The Kier molecular flexibility index (Phi) is 3.91. The smallest absolute Gasteiger partial charge is 0.231 e. The lowest BCUT2D eigenvalue weighted by Crippen LogP contribution is -2.36. The Balaban J connectivity index is 1.52. The van der Waals surface area contributed by atoms with Gasteiger partial charge in [0.25, 0.3) is 0 Å². The van der Waals surface area contributed by atoms with E-state index in [9.17, 15) is 4.79 Å². The second kappa shape index (κ2) is 6.66. The molecule has 0 fully saturated rings. The van der Waals surface area contributed by atoms with Gasteiger partial charge in [-0.2, -0.15) is 0 Å². The molecule has 1 aliphatic carbocycles. The number of ether oxygens (including phenoxy) is 3. The molecule has 5 nitrogen and oxygen atoms in total. The number of allylic oxidation sites excluding steroid dienone is 3. The van der Waals surface area contributed by atoms with Gasteiger partial charge < -0.3 is 19.1 Å². The van der Waals surface area contributed by atoms with Crippen molar-refractivity contribution < 1.29 is 19.0 Å². The number of carbonyl (C=O) groups excluding carboxylic acids is 1. The van der Waals surface area contributed by atoms with Crippen molar-refractivity contribution in [1.82, 2.24) is 4.90 Å². The molecular formula is C25H23NO4. The van der Waals surface area contributed by atoms with Gasteiger partial charge in [-0.15, -0.1) is 0 Å². The number of fused-ring (bicyclic) bond motifs is 5. The van der Waals surface area contributed by atoms with Crippen LogP contribution in [0, 0.1) is 0 Å². The summed E-state index contributed by atoms with van der Waals surface area (Å²) in [4.78, 5) is 15.4. The van der Waals surface area contributed by atoms with Crippen LogP contribution < -0.4 is 14.2 Å². The van der Waals surface area contributed by atoms with E-state index in [-0.39, 0.29) is 18.5 Å². The molecule has 0 unspecified atom stereocenters. The van der Waals surface area contributed by atoms with Gasteiger partial charge in [-0.05, 0) is 60.7 Å². The van der Waals surface area contributed by atoms with Crippen LogP contribution in [-0.2, 0) is 11.2 Å². The van der Waals surface area contributed by atoms with Crippen LogP contribution in [0.4, 0.5) is 0 Å². The average molecular weight is 401 g/mol. The third kappa shape index (κ3) is 2.58. The van der Waals surface area contributed by atoms with Gasteiger partial charge in [0, 0.05) is 41.4 Å². The van der Waals surface area contributed by atoms with Crippen LogP contribution in [0.25, 0.3) is 5.70 Å². The fourth-order valence-corrected chi connectivity index (χ4v) is 5.18. The Morgan fingerprint density at radius 2 is 1.83 bits per heavy atom. The molecule has 0 radical (unpaired) electrons. The van der Waals surface area contributed by atoms with Crippen LogP contribution in [0.1, 0.15) is 41.9 Å². The van der Waals surface area contributed by atoms with E-state index in [4.69, 9.17) is 14.2 Å². The first-order valence-electron chi connectivity index (χ1n) is 10.6. The zero-order chi connectivity index (χ0) is 20.2. The van der Waals surface area contributed by atoms with E-state index in [1.54, 1.807) is 7.11 Å². The number of hydrogen-bond acceptors (Lipinski definition) is 5. The van der Waals surface area contributed by atoms with Crippen LogP contribution >= 0.6 is 0 Å². The number of nitrogens with zero attached hydrogens (tertiary/aromatic N) is 1. The van der Waals surface area contributed by atoms with E-state index < -0.39 is 0 Å². The van der Waals surface area contributed by atoms with E-state index in [2.05, 4.69) is 35.2 Å². The van der Waals surface area contributed by atoms with E-state index in [1.165, 1.54) is 22.5 Å². The molecule has 0 saturated carbocycles. The summed E-state index contributed by atoms with van der Waals surface area (Å²) in [5.74, 6) is 2.70. The van der Waals surface area contributed by atoms with Crippen LogP contribution in [0.2, 0.25) is 0 Å². The Labute approximate surface area is 175 Å². The standard InChI is InChI=1S/C25H23NO4/c1-28-17-7-5-15(6-8-17)19-12-21-18-13-24-23(29-14-30-24)11-16(18)9-10-26(21)20-3-2-4-22(27)25(19)20/h5-8,11-13,19H,2-4,9-10,14H2,1H3/t19-/m1/s1. The number of benzene rings is 2. The molecule has 0 spiro atoms. The molecule has 0 N–H and O–H groups in total.